The summed E-state index contributed by atoms with van der Waals surface area (Å²) in [6.07, 6.45) is -0.0657. The molecule has 2 unspecified atom stereocenters. The van der Waals surface area contributed by atoms with Crippen LogP contribution in [-0.4, -0.2) is 47.2 Å². The van der Waals surface area contributed by atoms with E-state index in [4.69, 9.17) is 10.5 Å². The van der Waals surface area contributed by atoms with Gasteiger partial charge in [0.15, 0.2) is 0 Å². The Hall–Kier alpha value is -1.33. The van der Waals surface area contributed by atoms with E-state index in [9.17, 15) is 4.79 Å². The summed E-state index contributed by atoms with van der Waals surface area (Å²) in [7, 11) is 1.91. The molecule has 1 aromatic rings. The lowest BCUT2D eigenvalue weighted by Gasteiger charge is -2.34. The minimum absolute atomic E-state index is 0.0551. The topological polar surface area (TPSA) is 60.5 Å². The molecule has 2 heterocycles. The highest BCUT2D eigenvalue weighted by molar-refractivity contribution is 5.93. The molecule has 0 bridgehead atoms. The Bertz CT molecular complexity index is 439. The van der Waals surface area contributed by atoms with Gasteiger partial charge in [0, 0.05) is 31.9 Å². The number of hydrogen-bond acceptors (Lipinski definition) is 3. The summed E-state index contributed by atoms with van der Waals surface area (Å²) in [5, 5.41) is 0. The van der Waals surface area contributed by atoms with E-state index in [0.29, 0.717) is 19.7 Å². The Kier molecular flexibility index (Phi) is 3.73. The second kappa shape index (κ2) is 5.12. The number of aryl methyl sites for hydroxylation is 1. The Balaban J connectivity index is 2.12. The van der Waals surface area contributed by atoms with Crippen molar-refractivity contribution in [3.63, 3.8) is 0 Å². The number of morpholine rings is 1. The van der Waals surface area contributed by atoms with Gasteiger partial charge in [-0.2, -0.15) is 0 Å². The number of nitrogens with zero attached hydrogens (tertiary/aromatic N) is 2. The number of hydrogen-bond donors (Lipinski definition) is 1. The second-order valence-electron chi connectivity index (χ2n) is 4.94. The van der Waals surface area contributed by atoms with Crippen LogP contribution in [0.15, 0.2) is 12.1 Å². The normalized spacial score (nSPS) is 22.0. The van der Waals surface area contributed by atoms with E-state index in [1.54, 1.807) is 0 Å². The number of aromatic nitrogens is 1. The number of nitrogens with two attached hydrogens (primary N) is 1. The van der Waals surface area contributed by atoms with Crippen LogP contribution < -0.4 is 5.73 Å². The van der Waals surface area contributed by atoms with E-state index in [1.807, 2.05) is 42.5 Å². The van der Waals surface area contributed by atoms with Crippen molar-refractivity contribution in [2.45, 2.75) is 26.0 Å². The molecule has 1 aliphatic heterocycles. The minimum Gasteiger partial charge on any atom is -0.373 e. The third-order valence-electron chi connectivity index (χ3n) is 3.56. The lowest BCUT2D eigenvalue weighted by Crippen LogP contribution is -2.51. The van der Waals surface area contributed by atoms with Crippen LogP contribution in [0.2, 0.25) is 0 Å². The first kappa shape index (κ1) is 13.1. The van der Waals surface area contributed by atoms with Gasteiger partial charge in [-0.25, -0.2) is 0 Å². The summed E-state index contributed by atoms with van der Waals surface area (Å²) in [6, 6.07) is 3.76. The predicted molar refractivity (Wildman–Crippen MR) is 69.4 cm³/mol. The summed E-state index contributed by atoms with van der Waals surface area (Å²) in [5.74, 6) is 0.0551. The molecule has 0 saturated carbocycles. The maximum absolute atomic E-state index is 12.4. The van der Waals surface area contributed by atoms with E-state index in [0.717, 1.165) is 11.4 Å². The average molecular weight is 251 g/mol. The first-order chi connectivity index (χ1) is 8.50. The molecule has 1 aromatic heterocycles. The number of carbonyl (C=O) groups excluding carboxylic acids is 1. The van der Waals surface area contributed by atoms with Crippen LogP contribution in [0.5, 0.6) is 0 Å². The van der Waals surface area contributed by atoms with Crippen molar-refractivity contribution in [2.24, 2.45) is 12.8 Å². The van der Waals surface area contributed by atoms with Crippen molar-refractivity contribution in [3.8, 4) is 0 Å². The SMILES string of the molecule is Cc1ccc(C(=O)N2CCOC(C(C)N)C2)n1C. The Morgan fingerprint density at radius 2 is 2.28 bits per heavy atom. The van der Waals surface area contributed by atoms with Gasteiger partial charge in [0.1, 0.15) is 5.69 Å². The largest absolute Gasteiger partial charge is 0.373 e. The lowest BCUT2D eigenvalue weighted by molar-refractivity contribution is -0.0302. The molecule has 1 fully saturated rings. The molecular formula is C13H21N3O2. The molecule has 100 valence electrons. The van der Waals surface area contributed by atoms with E-state index >= 15 is 0 Å². The molecule has 1 saturated heterocycles. The van der Waals surface area contributed by atoms with E-state index < -0.39 is 0 Å². The number of rotatable bonds is 2. The fraction of sp³-hybridized carbons (Fsp3) is 0.615. The fourth-order valence-corrected chi connectivity index (χ4v) is 2.17. The maximum Gasteiger partial charge on any atom is 0.270 e. The minimum atomic E-state index is -0.0657. The van der Waals surface area contributed by atoms with Crippen molar-refractivity contribution in [1.82, 2.24) is 9.47 Å². The maximum atomic E-state index is 12.4. The molecule has 5 nitrogen and oxygen atoms in total. The van der Waals surface area contributed by atoms with Crippen LogP contribution in [0.4, 0.5) is 0 Å². The number of ether oxygens (including phenoxy) is 1. The van der Waals surface area contributed by atoms with Crippen molar-refractivity contribution < 1.29 is 9.53 Å². The van der Waals surface area contributed by atoms with Crippen LogP contribution in [-0.2, 0) is 11.8 Å². The molecular weight excluding hydrogens is 230 g/mol. The van der Waals surface area contributed by atoms with Crippen molar-refractivity contribution in [2.75, 3.05) is 19.7 Å². The van der Waals surface area contributed by atoms with Crippen LogP contribution in [0.25, 0.3) is 0 Å². The first-order valence-corrected chi connectivity index (χ1v) is 6.29. The zero-order valence-electron chi connectivity index (χ0n) is 11.2. The van der Waals surface area contributed by atoms with E-state index in [2.05, 4.69) is 0 Å². The summed E-state index contributed by atoms with van der Waals surface area (Å²) >= 11 is 0. The van der Waals surface area contributed by atoms with Gasteiger partial charge in [0.2, 0.25) is 0 Å². The lowest BCUT2D eigenvalue weighted by atomic mass is 10.1. The van der Waals surface area contributed by atoms with Gasteiger partial charge < -0.3 is 19.9 Å². The highest BCUT2D eigenvalue weighted by atomic mass is 16.5. The first-order valence-electron chi connectivity index (χ1n) is 6.29. The van der Waals surface area contributed by atoms with Crippen LogP contribution in [0.1, 0.15) is 23.1 Å². The summed E-state index contributed by atoms with van der Waals surface area (Å²) in [4.78, 5) is 14.2. The molecule has 1 aliphatic rings. The van der Waals surface area contributed by atoms with Crippen molar-refractivity contribution >= 4 is 5.91 Å². The zero-order chi connectivity index (χ0) is 13.3. The van der Waals surface area contributed by atoms with Crippen LogP contribution >= 0.6 is 0 Å². The van der Waals surface area contributed by atoms with Crippen molar-refractivity contribution in [1.29, 1.82) is 0 Å². The van der Waals surface area contributed by atoms with Gasteiger partial charge in [-0.15, -0.1) is 0 Å². The zero-order valence-corrected chi connectivity index (χ0v) is 11.2. The average Bonchev–Trinajstić information content (AvgIpc) is 2.69. The summed E-state index contributed by atoms with van der Waals surface area (Å²) in [6.45, 7) is 5.65. The Labute approximate surface area is 108 Å². The molecule has 2 rings (SSSR count). The van der Waals surface area contributed by atoms with Gasteiger partial charge in [0.05, 0.1) is 12.7 Å². The molecule has 2 N–H and O–H groups in total. The van der Waals surface area contributed by atoms with E-state index in [-0.39, 0.29) is 18.1 Å². The monoisotopic (exact) mass is 251 g/mol. The Morgan fingerprint density at radius 1 is 1.56 bits per heavy atom. The standard InChI is InChI=1S/C13H21N3O2/c1-9-4-5-11(15(9)3)13(17)16-6-7-18-12(8-16)10(2)14/h4-5,10,12H,6-8,14H2,1-3H3. The molecule has 0 aliphatic carbocycles. The highest BCUT2D eigenvalue weighted by Crippen LogP contribution is 2.14. The van der Waals surface area contributed by atoms with Gasteiger partial charge in [-0.3, -0.25) is 4.79 Å². The smallest absolute Gasteiger partial charge is 0.270 e. The van der Waals surface area contributed by atoms with Gasteiger partial charge in [0.25, 0.3) is 5.91 Å². The molecule has 0 radical (unpaired) electrons. The molecule has 18 heavy (non-hydrogen) atoms. The molecule has 1 amide bonds. The summed E-state index contributed by atoms with van der Waals surface area (Å²) < 4.78 is 7.48. The molecule has 0 spiro atoms. The van der Waals surface area contributed by atoms with Crippen LogP contribution in [0.3, 0.4) is 0 Å². The van der Waals surface area contributed by atoms with Gasteiger partial charge >= 0.3 is 0 Å². The van der Waals surface area contributed by atoms with E-state index in [1.165, 1.54) is 0 Å². The molecule has 5 heteroatoms. The quantitative estimate of drug-likeness (QED) is 0.833. The Morgan fingerprint density at radius 3 is 2.83 bits per heavy atom. The predicted octanol–water partition coefficient (Wildman–Crippen LogP) is 0.522. The third-order valence-corrected chi connectivity index (χ3v) is 3.56. The van der Waals surface area contributed by atoms with Gasteiger partial charge in [-0.1, -0.05) is 0 Å². The molecule has 0 aromatic carbocycles. The summed E-state index contributed by atoms with van der Waals surface area (Å²) in [5.41, 5.74) is 7.63. The second-order valence-corrected chi connectivity index (χ2v) is 4.94. The van der Waals surface area contributed by atoms with Crippen molar-refractivity contribution in [3.05, 3.63) is 23.5 Å². The number of amides is 1. The van der Waals surface area contributed by atoms with Crippen LogP contribution in [0, 0.1) is 6.92 Å². The molecule has 2 atom stereocenters. The third kappa shape index (κ3) is 2.42. The fourth-order valence-electron chi connectivity index (χ4n) is 2.17. The number of carbonyl (C=O) groups is 1. The van der Waals surface area contributed by atoms with Gasteiger partial charge in [-0.05, 0) is 26.0 Å². The highest BCUT2D eigenvalue weighted by Gasteiger charge is 2.28.